The van der Waals surface area contributed by atoms with Gasteiger partial charge in [-0.25, -0.2) is 14.8 Å². The first-order valence-corrected chi connectivity index (χ1v) is 5.56. The third kappa shape index (κ3) is 2.30. The number of aryl methyl sites for hydroxylation is 3. The lowest BCUT2D eigenvalue weighted by Gasteiger charge is -2.02. The van der Waals surface area contributed by atoms with Crippen LogP contribution in [0, 0.1) is 6.92 Å². The van der Waals surface area contributed by atoms with E-state index in [0.717, 1.165) is 12.1 Å². The Hall–Kier alpha value is -1.49. The molecule has 0 bridgehead atoms. The van der Waals surface area contributed by atoms with E-state index in [9.17, 15) is 4.79 Å². The summed E-state index contributed by atoms with van der Waals surface area (Å²) in [5.41, 5.74) is 2.69. The molecule has 0 aliphatic rings. The van der Waals surface area contributed by atoms with Crippen LogP contribution in [0.25, 0.3) is 0 Å². The molecule has 0 unspecified atom stereocenters. The summed E-state index contributed by atoms with van der Waals surface area (Å²) >= 11 is 1.63. The zero-order valence-electron chi connectivity index (χ0n) is 8.38. The fourth-order valence-corrected chi connectivity index (χ4v) is 2.12. The lowest BCUT2D eigenvalue weighted by molar-refractivity contribution is 0.651. The summed E-state index contributed by atoms with van der Waals surface area (Å²) in [6, 6.07) is 1.76. The normalized spacial score (nSPS) is 10.5. The molecule has 4 nitrogen and oxygen atoms in total. The monoisotopic (exact) mass is 221 g/mol. The number of rotatable bonds is 3. The third-order valence-corrected chi connectivity index (χ3v) is 3.20. The van der Waals surface area contributed by atoms with Crippen LogP contribution in [0.5, 0.6) is 0 Å². The van der Waals surface area contributed by atoms with E-state index < -0.39 is 0 Å². The number of nitrogens with zero attached hydrogens (tertiary/aromatic N) is 3. The molecule has 78 valence electrons. The summed E-state index contributed by atoms with van der Waals surface area (Å²) in [5.74, 6) is 0. The maximum Gasteiger partial charge on any atom is 0.347 e. The topological polar surface area (TPSA) is 47.8 Å². The molecular weight excluding hydrogens is 210 g/mol. The zero-order valence-corrected chi connectivity index (χ0v) is 9.20. The van der Waals surface area contributed by atoms with E-state index in [1.807, 2.05) is 12.4 Å². The fourth-order valence-electron chi connectivity index (χ4n) is 1.35. The molecule has 0 aromatic carbocycles. The molecular formula is C10H11N3OS. The van der Waals surface area contributed by atoms with Crippen LogP contribution >= 0.6 is 11.3 Å². The Morgan fingerprint density at radius 2 is 2.33 bits per heavy atom. The molecule has 0 aliphatic heterocycles. The minimum Gasteiger partial charge on any atom is -0.299 e. The van der Waals surface area contributed by atoms with Crippen LogP contribution in [0.1, 0.15) is 10.6 Å². The van der Waals surface area contributed by atoms with Gasteiger partial charge in [0.05, 0.1) is 11.2 Å². The van der Waals surface area contributed by atoms with Gasteiger partial charge in [-0.15, -0.1) is 11.3 Å². The minimum atomic E-state index is -0.195. The average molecular weight is 221 g/mol. The first-order chi connectivity index (χ1) is 7.27. The molecule has 0 amide bonds. The molecule has 0 atom stereocenters. The van der Waals surface area contributed by atoms with Gasteiger partial charge >= 0.3 is 5.69 Å². The Morgan fingerprint density at radius 1 is 1.47 bits per heavy atom. The van der Waals surface area contributed by atoms with E-state index in [0.29, 0.717) is 6.54 Å². The van der Waals surface area contributed by atoms with Gasteiger partial charge in [0.1, 0.15) is 0 Å². The fraction of sp³-hybridized carbons (Fsp3) is 0.300. The van der Waals surface area contributed by atoms with Gasteiger partial charge in [-0.1, -0.05) is 0 Å². The van der Waals surface area contributed by atoms with Gasteiger partial charge in [0.25, 0.3) is 0 Å². The number of hydrogen-bond acceptors (Lipinski definition) is 4. The minimum absolute atomic E-state index is 0.195. The quantitative estimate of drug-likeness (QED) is 0.783. The SMILES string of the molecule is Cc1ncsc1CCn1cccnc1=O. The molecule has 5 heteroatoms. The molecule has 0 N–H and O–H groups in total. The van der Waals surface area contributed by atoms with Crippen molar-refractivity contribution in [1.82, 2.24) is 14.5 Å². The van der Waals surface area contributed by atoms with Crippen molar-refractivity contribution in [3.8, 4) is 0 Å². The molecule has 0 saturated carbocycles. The summed E-state index contributed by atoms with van der Waals surface area (Å²) in [7, 11) is 0. The van der Waals surface area contributed by atoms with Crippen LogP contribution in [0.3, 0.4) is 0 Å². The van der Waals surface area contributed by atoms with Gasteiger partial charge < -0.3 is 0 Å². The van der Waals surface area contributed by atoms with Gasteiger partial charge in [0.2, 0.25) is 0 Å². The highest BCUT2D eigenvalue weighted by atomic mass is 32.1. The maximum absolute atomic E-state index is 11.3. The lowest BCUT2D eigenvalue weighted by atomic mass is 10.3. The molecule has 0 fully saturated rings. The summed E-state index contributed by atoms with van der Waals surface area (Å²) in [6.07, 6.45) is 4.10. The molecule has 2 aromatic heterocycles. The van der Waals surface area contributed by atoms with Gasteiger partial charge in [0, 0.05) is 30.2 Å². The van der Waals surface area contributed by atoms with E-state index in [1.165, 1.54) is 11.1 Å². The molecule has 2 heterocycles. The van der Waals surface area contributed by atoms with E-state index in [2.05, 4.69) is 9.97 Å². The van der Waals surface area contributed by atoms with E-state index in [1.54, 1.807) is 28.2 Å². The zero-order chi connectivity index (χ0) is 10.7. The van der Waals surface area contributed by atoms with Crippen molar-refractivity contribution in [3.63, 3.8) is 0 Å². The van der Waals surface area contributed by atoms with Crippen molar-refractivity contribution in [2.45, 2.75) is 19.9 Å². The first-order valence-electron chi connectivity index (χ1n) is 4.68. The van der Waals surface area contributed by atoms with E-state index in [-0.39, 0.29) is 5.69 Å². The number of hydrogen-bond donors (Lipinski definition) is 0. The Balaban J connectivity index is 2.09. The van der Waals surface area contributed by atoms with Crippen LogP contribution in [-0.4, -0.2) is 14.5 Å². The number of thiazole rings is 1. The van der Waals surface area contributed by atoms with Crippen molar-refractivity contribution < 1.29 is 0 Å². The standard InChI is InChI=1S/C10H11N3OS/c1-8-9(15-7-12-8)3-6-13-5-2-4-11-10(13)14/h2,4-5,7H,3,6H2,1H3. The Labute approximate surface area is 91.3 Å². The highest BCUT2D eigenvalue weighted by Crippen LogP contribution is 2.12. The second-order valence-corrected chi connectivity index (χ2v) is 4.15. The predicted octanol–water partition coefficient (Wildman–Crippen LogP) is 1.25. The number of aromatic nitrogens is 3. The molecule has 0 spiro atoms. The van der Waals surface area contributed by atoms with Crippen molar-refractivity contribution >= 4 is 11.3 Å². The van der Waals surface area contributed by atoms with Gasteiger partial charge in [-0.05, 0) is 13.0 Å². The molecule has 2 aromatic rings. The molecule has 15 heavy (non-hydrogen) atoms. The molecule has 2 rings (SSSR count). The van der Waals surface area contributed by atoms with Crippen LogP contribution in [0.4, 0.5) is 0 Å². The Bertz CT molecular complexity index is 503. The summed E-state index contributed by atoms with van der Waals surface area (Å²) < 4.78 is 1.61. The smallest absolute Gasteiger partial charge is 0.299 e. The third-order valence-electron chi connectivity index (χ3n) is 2.21. The summed E-state index contributed by atoms with van der Waals surface area (Å²) in [4.78, 5) is 20.4. The van der Waals surface area contributed by atoms with Gasteiger partial charge in [-0.2, -0.15) is 0 Å². The highest BCUT2D eigenvalue weighted by Gasteiger charge is 2.02. The van der Waals surface area contributed by atoms with E-state index in [4.69, 9.17) is 0 Å². The molecule has 0 radical (unpaired) electrons. The summed E-state index contributed by atoms with van der Waals surface area (Å²) in [6.45, 7) is 2.65. The molecule has 0 aliphatic carbocycles. The van der Waals surface area contributed by atoms with E-state index >= 15 is 0 Å². The van der Waals surface area contributed by atoms with Gasteiger partial charge in [0.15, 0.2) is 0 Å². The lowest BCUT2D eigenvalue weighted by Crippen LogP contribution is -2.22. The predicted molar refractivity (Wildman–Crippen MR) is 59.1 cm³/mol. The molecule has 0 saturated heterocycles. The maximum atomic E-state index is 11.3. The second-order valence-electron chi connectivity index (χ2n) is 3.21. The van der Waals surface area contributed by atoms with Crippen molar-refractivity contribution in [3.05, 3.63) is 45.0 Å². The first kappa shape index (κ1) is 10.0. The van der Waals surface area contributed by atoms with Crippen LogP contribution in [-0.2, 0) is 13.0 Å². The Kier molecular flexibility index (Phi) is 2.91. The Morgan fingerprint density at radius 3 is 3.00 bits per heavy atom. The average Bonchev–Trinajstić information content (AvgIpc) is 2.63. The van der Waals surface area contributed by atoms with Crippen LogP contribution in [0.2, 0.25) is 0 Å². The van der Waals surface area contributed by atoms with Crippen molar-refractivity contribution in [2.24, 2.45) is 0 Å². The summed E-state index contributed by atoms with van der Waals surface area (Å²) in [5, 5.41) is 0. The van der Waals surface area contributed by atoms with Crippen LogP contribution in [0.15, 0.2) is 28.8 Å². The second kappa shape index (κ2) is 4.35. The largest absolute Gasteiger partial charge is 0.347 e. The van der Waals surface area contributed by atoms with Gasteiger partial charge in [-0.3, -0.25) is 4.57 Å². The van der Waals surface area contributed by atoms with Crippen molar-refractivity contribution in [1.29, 1.82) is 0 Å². The van der Waals surface area contributed by atoms with Crippen LogP contribution < -0.4 is 5.69 Å². The van der Waals surface area contributed by atoms with Crippen molar-refractivity contribution in [2.75, 3.05) is 0 Å². The highest BCUT2D eigenvalue weighted by molar-refractivity contribution is 7.09.